The zero-order chi connectivity index (χ0) is 13.8. The molecule has 0 amide bonds. The number of likely N-dealkylation sites (tertiary alicyclic amines) is 1. The van der Waals surface area contributed by atoms with Crippen LogP contribution >= 0.6 is 0 Å². The van der Waals surface area contributed by atoms with Crippen LogP contribution in [0.3, 0.4) is 0 Å². The van der Waals surface area contributed by atoms with E-state index in [0.29, 0.717) is 13.0 Å². The predicted molar refractivity (Wildman–Crippen MR) is 66.7 cm³/mol. The SMILES string of the molecule is O=C(O)C1CCCCCN1Cc1c(F)cccc1F. The molecule has 2 rings (SSSR count). The number of benzene rings is 1. The largest absolute Gasteiger partial charge is 0.480 e. The molecule has 1 aliphatic rings. The molecular formula is C14H17F2NO2. The molecule has 0 aliphatic carbocycles. The minimum atomic E-state index is -0.918. The van der Waals surface area contributed by atoms with Gasteiger partial charge in [-0.1, -0.05) is 18.9 Å². The van der Waals surface area contributed by atoms with Crippen LogP contribution < -0.4 is 0 Å². The molecule has 104 valence electrons. The summed E-state index contributed by atoms with van der Waals surface area (Å²) in [6.45, 7) is 0.570. The van der Waals surface area contributed by atoms with Crippen molar-refractivity contribution in [3.05, 3.63) is 35.4 Å². The summed E-state index contributed by atoms with van der Waals surface area (Å²) in [5.74, 6) is -2.15. The van der Waals surface area contributed by atoms with Gasteiger partial charge in [0.05, 0.1) is 0 Å². The first-order chi connectivity index (χ1) is 9.09. The number of rotatable bonds is 3. The number of hydrogen-bond donors (Lipinski definition) is 1. The van der Waals surface area contributed by atoms with Gasteiger partial charge in [-0.15, -0.1) is 0 Å². The Kier molecular flexibility index (Phi) is 4.47. The minimum Gasteiger partial charge on any atom is -0.480 e. The van der Waals surface area contributed by atoms with Gasteiger partial charge in [0.25, 0.3) is 0 Å². The molecule has 1 N–H and O–H groups in total. The van der Waals surface area contributed by atoms with Crippen molar-refractivity contribution in [1.82, 2.24) is 4.90 Å². The maximum atomic E-state index is 13.6. The van der Waals surface area contributed by atoms with Gasteiger partial charge in [-0.2, -0.15) is 0 Å². The van der Waals surface area contributed by atoms with Gasteiger partial charge in [-0.05, 0) is 31.5 Å². The van der Waals surface area contributed by atoms with Crippen molar-refractivity contribution in [3.63, 3.8) is 0 Å². The van der Waals surface area contributed by atoms with Crippen LogP contribution in [0.25, 0.3) is 0 Å². The van der Waals surface area contributed by atoms with Gasteiger partial charge >= 0.3 is 5.97 Å². The maximum absolute atomic E-state index is 13.6. The van der Waals surface area contributed by atoms with Gasteiger partial charge in [-0.25, -0.2) is 8.78 Å². The second-order valence-corrected chi connectivity index (χ2v) is 4.87. The number of hydrogen-bond acceptors (Lipinski definition) is 2. The van der Waals surface area contributed by atoms with E-state index in [-0.39, 0.29) is 12.1 Å². The molecule has 1 aromatic carbocycles. The molecule has 0 spiro atoms. The van der Waals surface area contributed by atoms with E-state index in [1.54, 1.807) is 4.90 Å². The molecule has 1 fully saturated rings. The van der Waals surface area contributed by atoms with Crippen molar-refractivity contribution >= 4 is 5.97 Å². The van der Waals surface area contributed by atoms with Crippen LogP contribution in [-0.4, -0.2) is 28.6 Å². The zero-order valence-corrected chi connectivity index (χ0v) is 10.6. The Morgan fingerprint density at radius 1 is 1.26 bits per heavy atom. The Balaban J connectivity index is 2.21. The fourth-order valence-corrected chi connectivity index (χ4v) is 2.52. The first-order valence-electron chi connectivity index (χ1n) is 6.49. The molecule has 5 heteroatoms. The summed E-state index contributed by atoms with van der Waals surface area (Å²) in [5, 5.41) is 9.22. The average molecular weight is 269 g/mol. The third-order valence-electron chi connectivity index (χ3n) is 3.57. The van der Waals surface area contributed by atoms with Crippen molar-refractivity contribution < 1.29 is 18.7 Å². The van der Waals surface area contributed by atoms with Crippen LogP contribution in [0.1, 0.15) is 31.2 Å². The summed E-state index contributed by atoms with van der Waals surface area (Å²) >= 11 is 0. The van der Waals surface area contributed by atoms with Crippen LogP contribution in [0, 0.1) is 11.6 Å². The van der Waals surface area contributed by atoms with Crippen LogP contribution in [0.2, 0.25) is 0 Å². The normalized spacial score (nSPS) is 21.1. The average Bonchev–Trinajstić information content (AvgIpc) is 2.59. The van der Waals surface area contributed by atoms with Gasteiger partial charge in [0.15, 0.2) is 0 Å². The predicted octanol–water partition coefficient (Wildman–Crippen LogP) is 2.79. The van der Waals surface area contributed by atoms with E-state index in [0.717, 1.165) is 19.3 Å². The first kappa shape index (κ1) is 13.9. The van der Waals surface area contributed by atoms with E-state index in [2.05, 4.69) is 0 Å². The van der Waals surface area contributed by atoms with Crippen molar-refractivity contribution in [1.29, 1.82) is 0 Å². The monoisotopic (exact) mass is 269 g/mol. The van der Waals surface area contributed by atoms with Crippen molar-refractivity contribution in [2.45, 2.75) is 38.3 Å². The van der Waals surface area contributed by atoms with E-state index in [4.69, 9.17) is 0 Å². The molecule has 0 saturated carbocycles. The molecule has 19 heavy (non-hydrogen) atoms. The van der Waals surface area contributed by atoms with Gasteiger partial charge < -0.3 is 5.11 Å². The Labute approximate surface area is 110 Å². The molecule has 1 heterocycles. The fourth-order valence-electron chi connectivity index (χ4n) is 2.52. The van der Waals surface area contributed by atoms with E-state index in [1.165, 1.54) is 18.2 Å². The zero-order valence-electron chi connectivity index (χ0n) is 10.6. The summed E-state index contributed by atoms with van der Waals surface area (Å²) in [7, 11) is 0. The van der Waals surface area contributed by atoms with Gasteiger partial charge in [0, 0.05) is 12.1 Å². The van der Waals surface area contributed by atoms with Gasteiger partial charge in [0.1, 0.15) is 17.7 Å². The standard InChI is InChI=1S/C14H17F2NO2/c15-11-5-4-6-12(16)10(11)9-17-8-3-1-2-7-13(17)14(18)19/h4-6,13H,1-3,7-9H2,(H,18,19). The lowest BCUT2D eigenvalue weighted by atomic mass is 10.1. The van der Waals surface area contributed by atoms with Crippen molar-refractivity contribution in [3.8, 4) is 0 Å². The van der Waals surface area contributed by atoms with Gasteiger partial charge in [-0.3, -0.25) is 9.69 Å². The molecule has 1 atom stereocenters. The Morgan fingerprint density at radius 3 is 2.58 bits per heavy atom. The molecule has 1 aliphatic heterocycles. The highest BCUT2D eigenvalue weighted by molar-refractivity contribution is 5.73. The highest BCUT2D eigenvalue weighted by Crippen LogP contribution is 2.22. The Hall–Kier alpha value is -1.49. The van der Waals surface area contributed by atoms with Crippen LogP contribution in [0.5, 0.6) is 0 Å². The quantitative estimate of drug-likeness (QED) is 0.917. The topological polar surface area (TPSA) is 40.5 Å². The Bertz CT molecular complexity index is 445. The first-order valence-corrected chi connectivity index (χ1v) is 6.49. The van der Waals surface area contributed by atoms with Crippen LogP contribution in [0.15, 0.2) is 18.2 Å². The highest BCUT2D eigenvalue weighted by Gasteiger charge is 2.28. The number of carboxylic acid groups (broad SMARTS) is 1. The molecule has 1 saturated heterocycles. The molecule has 1 aromatic rings. The summed E-state index contributed by atoms with van der Waals surface area (Å²) in [5.41, 5.74) is -0.0457. The lowest BCUT2D eigenvalue weighted by molar-refractivity contribution is -0.143. The van der Waals surface area contributed by atoms with Crippen molar-refractivity contribution in [2.75, 3.05) is 6.54 Å². The van der Waals surface area contributed by atoms with E-state index in [9.17, 15) is 18.7 Å². The maximum Gasteiger partial charge on any atom is 0.320 e. The lowest BCUT2D eigenvalue weighted by Crippen LogP contribution is -2.40. The Morgan fingerprint density at radius 2 is 1.95 bits per heavy atom. The second-order valence-electron chi connectivity index (χ2n) is 4.87. The molecule has 1 unspecified atom stereocenters. The molecule has 0 radical (unpaired) electrons. The second kappa shape index (κ2) is 6.10. The smallest absolute Gasteiger partial charge is 0.320 e. The number of carbonyl (C=O) groups is 1. The molecule has 0 aromatic heterocycles. The summed E-state index contributed by atoms with van der Waals surface area (Å²) < 4.78 is 27.2. The highest BCUT2D eigenvalue weighted by atomic mass is 19.1. The third-order valence-corrected chi connectivity index (χ3v) is 3.57. The number of halogens is 2. The van der Waals surface area contributed by atoms with E-state index in [1.807, 2.05) is 0 Å². The van der Waals surface area contributed by atoms with E-state index < -0.39 is 23.6 Å². The molecular weight excluding hydrogens is 252 g/mol. The molecule has 0 bridgehead atoms. The number of nitrogens with zero attached hydrogens (tertiary/aromatic N) is 1. The van der Waals surface area contributed by atoms with E-state index >= 15 is 0 Å². The van der Waals surface area contributed by atoms with Crippen LogP contribution in [0.4, 0.5) is 8.78 Å². The van der Waals surface area contributed by atoms with Crippen molar-refractivity contribution in [2.24, 2.45) is 0 Å². The summed E-state index contributed by atoms with van der Waals surface area (Å²) in [6.07, 6.45) is 3.19. The number of aliphatic carboxylic acids is 1. The molecule has 3 nitrogen and oxygen atoms in total. The fraction of sp³-hybridized carbons (Fsp3) is 0.500. The lowest BCUT2D eigenvalue weighted by Gasteiger charge is -2.26. The number of carboxylic acids is 1. The third kappa shape index (κ3) is 3.29. The summed E-state index contributed by atoms with van der Waals surface area (Å²) in [6, 6.07) is 3.06. The van der Waals surface area contributed by atoms with Gasteiger partial charge in [0.2, 0.25) is 0 Å². The van der Waals surface area contributed by atoms with Crippen LogP contribution in [-0.2, 0) is 11.3 Å². The summed E-state index contributed by atoms with van der Waals surface area (Å²) in [4.78, 5) is 12.9. The minimum absolute atomic E-state index is 0.00940.